The van der Waals surface area contributed by atoms with Crippen LogP contribution in [-0.4, -0.2) is 0 Å². The van der Waals surface area contributed by atoms with Crippen LogP contribution in [0.15, 0.2) is 37.0 Å². The highest BCUT2D eigenvalue weighted by molar-refractivity contribution is 4.77. The van der Waals surface area contributed by atoms with Crippen LogP contribution in [0.25, 0.3) is 0 Å². The molecule has 0 radical (unpaired) electrons. The second-order valence-electron chi connectivity index (χ2n) is 4.08. The van der Waals surface area contributed by atoms with Crippen molar-refractivity contribution in [3.05, 3.63) is 37.0 Å². The second-order valence-corrected chi connectivity index (χ2v) is 4.08. The van der Waals surface area contributed by atoms with E-state index < -0.39 is 0 Å². The molecule has 0 amide bonds. The van der Waals surface area contributed by atoms with E-state index >= 15 is 0 Å². The van der Waals surface area contributed by atoms with Crippen molar-refractivity contribution in [1.29, 1.82) is 0 Å². The average molecular weight is 252 g/mol. The van der Waals surface area contributed by atoms with Gasteiger partial charge in [0.25, 0.3) is 0 Å². The summed E-state index contributed by atoms with van der Waals surface area (Å²) < 4.78 is 0. The van der Waals surface area contributed by atoms with Crippen LogP contribution in [0.2, 0.25) is 0 Å². The van der Waals surface area contributed by atoms with Crippen LogP contribution in [0.5, 0.6) is 0 Å². The molecule has 0 heterocycles. The summed E-state index contributed by atoms with van der Waals surface area (Å²) in [7, 11) is 0. The molecular formula is C18H36. The van der Waals surface area contributed by atoms with Crippen molar-refractivity contribution >= 4 is 0 Å². The first-order chi connectivity index (χ1) is 8.74. The smallest absolute Gasteiger partial charge is 0.0353 e. The van der Waals surface area contributed by atoms with E-state index in [4.69, 9.17) is 0 Å². The van der Waals surface area contributed by atoms with Crippen molar-refractivity contribution in [2.75, 3.05) is 0 Å². The Labute approximate surface area is 117 Å². The minimum atomic E-state index is 1.17. The molecule has 0 aromatic rings. The third-order valence-electron chi connectivity index (χ3n) is 2.09. The Balaban J connectivity index is -0.000000187. The number of allylic oxidation sites excluding steroid dienone is 5. The third kappa shape index (κ3) is 45.5. The largest absolute Gasteiger partial charge is 0.103 e. The van der Waals surface area contributed by atoms with Gasteiger partial charge in [0.1, 0.15) is 0 Å². The lowest BCUT2D eigenvalue weighted by Crippen LogP contribution is -1.61. The number of hydrogen-bond donors (Lipinski definition) is 0. The van der Waals surface area contributed by atoms with E-state index in [9.17, 15) is 0 Å². The molecule has 0 spiro atoms. The van der Waals surface area contributed by atoms with Gasteiger partial charge >= 0.3 is 0 Å². The van der Waals surface area contributed by atoms with Gasteiger partial charge in [-0.25, -0.2) is 0 Å². The Morgan fingerprint density at radius 2 is 1.33 bits per heavy atom. The zero-order chi connectivity index (χ0) is 14.5. The fourth-order valence-electron chi connectivity index (χ4n) is 1.02. The van der Waals surface area contributed by atoms with Gasteiger partial charge in [-0.15, -0.1) is 6.58 Å². The lowest BCUT2D eigenvalue weighted by molar-refractivity contribution is 0.816. The normalized spacial score (nSPS) is 9.61. The van der Waals surface area contributed by atoms with Crippen LogP contribution in [0.3, 0.4) is 0 Å². The molecule has 0 heteroatoms. The minimum Gasteiger partial charge on any atom is -0.103 e. The predicted molar refractivity (Wildman–Crippen MR) is 89.2 cm³/mol. The molecule has 0 aliphatic heterocycles. The van der Waals surface area contributed by atoms with Crippen LogP contribution in [0.4, 0.5) is 0 Å². The SMILES string of the molecule is C/C=C/CCC.C=CCCCC.CC/C=C/CC. The standard InChI is InChI=1S/3C6H12/c3*1-3-5-6-4-2/h5-6H,3-4H2,1-2H3;3,5H,4,6H2,1-2H3;3H,1,4-6H2,2H3/b6-5+;5-3+;. The molecule has 0 nitrogen and oxygen atoms in total. The Kier molecular flexibility index (Phi) is 37.1. The van der Waals surface area contributed by atoms with E-state index in [1.807, 2.05) is 6.08 Å². The number of hydrogen-bond acceptors (Lipinski definition) is 0. The highest BCUT2D eigenvalue weighted by Crippen LogP contribution is 1.91. The summed E-state index contributed by atoms with van der Waals surface area (Å²) in [6.45, 7) is 14.3. The van der Waals surface area contributed by atoms with E-state index in [2.05, 4.69) is 65.5 Å². The molecule has 0 aromatic heterocycles. The van der Waals surface area contributed by atoms with E-state index in [0.717, 1.165) is 0 Å². The minimum absolute atomic E-state index is 1.17. The molecule has 108 valence electrons. The predicted octanol–water partition coefficient (Wildman–Crippen LogP) is 7.09. The molecular weight excluding hydrogens is 216 g/mol. The highest BCUT2D eigenvalue weighted by Gasteiger charge is 1.71. The van der Waals surface area contributed by atoms with E-state index in [1.54, 1.807) is 0 Å². The molecule has 0 bridgehead atoms. The highest BCUT2D eigenvalue weighted by atomic mass is 13.8. The van der Waals surface area contributed by atoms with Crippen LogP contribution in [0, 0.1) is 0 Å². The van der Waals surface area contributed by atoms with Gasteiger partial charge in [0.2, 0.25) is 0 Å². The first kappa shape index (κ1) is 22.4. The van der Waals surface area contributed by atoms with Crippen molar-refractivity contribution in [1.82, 2.24) is 0 Å². The third-order valence-corrected chi connectivity index (χ3v) is 2.09. The molecule has 0 atom stereocenters. The van der Waals surface area contributed by atoms with E-state index in [-0.39, 0.29) is 0 Å². The van der Waals surface area contributed by atoms with Crippen LogP contribution in [0.1, 0.15) is 79.6 Å². The Hall–Kier alpha value is -0.780. The topological polar surface area (TPSA) is 0 Å². The zero-order valence-electron chi connectivity index (χ0n) is 13.5. The number of rotatable bonds is 7. The Morgan fingerprint density at radius 1 is 0.778 bits per heavy atom. The lowest BCUT2D eigenvalue weighted by Gasteiger charge is -1.81. The molecule has 0 fully saturated rings. The summed E-state index contributed by atoms with van der Waals surface area (Å²) >= 11 is 0. The van der Waals surface area contributed by atoms with Gasteiger partial charge in [-0.05, 0) is 32.6 Å². The molecule has 0 rings (SSSR count). The van der Waals surface area contributed by atoms with Crippen LogP contribution >= 0.6 is 0 Å². The number of unbranched alkanes of at least 4 members (excludes halogenated alkanes) is 3. The van der Waals surface area contributed by atoms with Gasteiger partial charge in [-0.2, -0.15) is 0 Å². The van der Waals surface area contributed by atoms with Crippen molar-refractivity contribution < 1.29 is 0 Å². The van der Waals surface area contributed by atoms with Crippen molar-refractivity contribution in [3.8, 4) is 0 Å². The summed E-state index contributed by atoms with van der Waals surface area (Å²) in [4.78, 5) is 0. The molecule has 18 heavy (non-hydrogen) atoms. The molecule has 0 aliphatic rings. The maximum atomic E-state index is 3.60. The van der Waals surface area contributed by atoms with Gasteiger partial charge in [0, 0.05) is 0 Å². The van der Waals surface area contributed by atoms with Crippen molar-refractivity contribution in [2.24, 2.45) is 0 Å². The summed E-state index contributed by atoms with van der Waals surface area (Å²) in [5, 5.41) is 0. The molecule has 0 aromatic carbocycles. The van der Waals surface area contributed by atoms with Gasteiger partial charge in [-0.3, -0.25) is 0 Å². The second kappa shape index (κ2) is 29.8. The molecule has 0 N–H and O–H groups in total. The monoisotopic (exact) mass is 252 g/mol. The fourth-order valence-corrected chi connectivity index (χ4v) is 1.02. The fraction of sp³-hybridized carbons (Fsp3) is 0.667. The maximum absolute atomic E-state index is 3.60. The van der Waals surface area contributed by atoms with Gasteiger partial charge < -0.3 is 0 Å². The first-order valence-electron chi connectivity index (χ1n) is 7.61. The van der Waals surface area contributed by atoms with Crippen molar-refractivity contribution in [3.63, 3.8) is 0 Å². The lowest BCUT2D eigenvalue weighted by atomic mass is 10.3. The summed E-state index contributed by atoms with van der Waals surface area (Å²) in [5.74, 6) is 0. The molecule has 0 unspecified atom stereocenters. The summed E-state index contributed by atoms with van der Waals surface area (Å²) in [5.41, 5.74) is 0. The average Bonchev–Trinajstić information content (AvgIpc) is 2.42. The summed E-state index contributed by atoms with van der Waals surface area (Å²) in [6, 6.07) is 0. The van der Waals surface area contributed by atoms with E-state index in [1.165, 1.54) is 44.9 Å². The molecule has 0 aliphatic carbocycles. The maximum Gasteiger partial charge on any atom is -0.0353 e. The first-order valence-corrected chi connectivity index (χ1v) is 7.61. The molecule has 0 saturated heterocycles. The van der Waals surface area contributed by atoms with Crippen molar-refractivity contribution in [2.45, 2.75) is 79.6 Å². The Morgan fingerprint density at radius 3 is 1.50 bits per heavy atom. The van der Waals surface area contributed by atoms with Gasteiger partial charge in [0.15, 0.2) is 0 Å². The quantitative estimate of drug-likeness (QED) is 0.335. The van der Waals surface area contributed by atoms with Gasteiger partial charge in [0.05, 0.1) is 0 Å². The summed E-state index contributed by atoms with van der Waals surface area (Å²) in [6.07, 6.45) is 19.2. The van der Waals surface area contributed by atoms with E-state index in [0.29, 0.717) is 0 Å². The van der Waals surface area contributed by atoms with Crippen LogP contribution in [-0.2, 0) is 0 Å². The van der Waals surface area contributed by atoms with Gasteiger partial charge in [-0.1, -0.05) is 77.3 Å². The zero-order valence-corrected chi connectivity index (χ0v) is 13.5. The van der Waals surface area contributed by atoms with Crippen LogP contribution < -0.4 is 0 Å². The molecule has 0 saturated carbocycles. The Bertz CT molecular complexity index is 157.